The van der Waals surface area contributed by atoms with Crippen molar-refractivity contribution in [2.24, 2.45) is 5.73 Å². The van der Waals surface area contributed by atoms with Crippen LogP contribution in [0.25, 0.3) is 0 Å². The van der Waals surface area contributed by atoms with E-state index >= 15 is 0 Å². The lowest BCUT2D eigenvalue weighted by molar-refractivity contribution is -0.127. The third-order valence-electron chi connectivity index (χ3n) is 4.53. The normalized spacial score (nSPS) is 24.6. The average Bonchev–Trinajstić information content (AvgIpc) is 2.46. The van der Waals surface area contributed by atoms with Crippen LogP contribution in [0.3, 0.4) is 0 Å². The fourth-order valence-corrected chi connectivity index (χ4v) is 3.17. The van der Waals surface area contributed by atoms with Crippen LogP contribution < -0.4 is 11.1 Å². The number of rotatable bonds is 8. The molecule has 1 aliphatic carbocycles. The van der Waals surface area contributed by atoms with Gasteiger partial charge in [0, 0.05) is 18.6 Å². The van der Waals surface area contributed by atoms with Gasteiger partial charge in [0.15, 0.2) is 0 Å². The number of unbranched alkanes of at least 4 members (excludes halogenated alkanes) is 2. The van der Waals surface area contributed by atoms with E-state index in [9.17, 15) is 4.79 Å². The number of likely N-dealkylation sites (N-methyl/N-ethyl adjacent to an activating group) is 1. The molecule has 1 amide bonds. The molecule has 0 aromatic carbocycles. The van der Waals surface area contributed by atoms with Gasteiger partial charge < -0.3 is 11.1 Å². The lowest BCUT2D eigenvalue weighted by Gasteiger charge is -2.38. The molecule has 0 radical (unpaired) electrons. The van der Waals surface area contributed by atoms with Gasteiger partial charge in [-0.05, 0) is 45.6 Å². The van der Waals surface area contributed by atoms with Crippen molar-refractivity contribution in [1.29, 1.82) is 0 Å². The summed E-state index contributed by atoms with van der Waals surface area (Å²) in [5.74, 6) is 0.179. The summed E-state index contributed by atoms with van der Waals surface area (Å²) in [4.78, 5) is 14.6. The number of hydrogen-bond acceptors (Lipinski definition) is 3. The van der Waals surface area contributed by atoms with Crippen LogP contribution in [0.5, 0.6) is 0 Å². The second-order valence-corrected chi connectivity index (χ2v) is 6.07. The molecular formula is C16H33N3O. The fraction of sp³-hybridized carbons (Fsp3) is 0.938. The van der Waals surface area contributed by atoms with Crippen LogP contribution in [0.2, 0.25) is 0 Å². The van der Waals surface area contributed by atoms with E-state index in [2.05, 4.69) is 24.1 Å². The van der Waals surface area contributed by atoms with E-state index < -0.39 is 0 Å². The van der Waals surface area contributed by atoms with Crippen LogP contribution in [-0.2, 0) is 4.79 Å². The Morgan fingerprint density at radius 2 is 1.90 bits per heavy atom. The van der Waals surface area contributed by atoms with Gasteiger partial charge in [0.05, 0.1) is 6.04 Å². The van der Waals surface area contributed by atoms with Gasteiger partial charge in [-0.3, -0.25) is 9.69 Å². The Morgan fingerprint density at radius 1 is 1.25 bits per heavy atom. The Bertz CT molecular complexity index is 275. The molecule has 0 aliphatic heterocycles. The molecule has 1 unspecified atom stereocenters. The van der Waals surface area contributed by atoms with E-state index in [1.807, 2.05) is 6.92 Å². The zero-order valence-corrected chi connectivity index (χ0v) is 13.5. The predicted molar refractivity (Wildman–Crippen MR) is 84.6 cm³/mol. The number of nitrogens with one attached hydrogen (secondary N) is 1. The Balaban J connectivity index is 2.40. The summed E-state index contributed by atoms with van der Waals surface area (Å²) in [7, 11) is 0. The minimum atomic E-state index is -0.0269. The largest absolute Gasteiger partial charge is 0.355 e. The van der Waals surface area contributed by atoms with Crippen molar-refractivity contribution in [2.45, 2.75) is 83.8 Å². The third-order valence-corrected chi connectivity index (χ3v) is 4.53. The smallest absolute Gasteiger partial charge is 0.237 e. The van der Waals surface area contributed by atoms with Crippen molar-refractivity contribution in [2.75, 3.05) is 13.1 Å². The molecule has 3 N–H and O–H groups in total. The Morgan fingerprint density at radius 3 is 2.45 bits per heavy atom. The van der Waals surface area contributed by atoms with Crippen LogP contribution in [0, 0.1) is 0 Å². The molecule has 0 aromatic rings. The van der Waals surface area contributed by atoms with Crippen molar-refractivity contribution in [1.82, 2.24) is 10.2 Å². The first kappa shape index (κ1) is 17.4. The molecule has 1 aliphatic rings. The summed E-state index contributed by atoms with van der Waals surface area (Å²) >= 11 is 0. The van der Waals surface area contributed by atoms with Gasteiger partial charge in [0.25, 0.3) is 0 Å². The topological polar surface area (TPSA) is 58.4 Å². The predicted octanol–water partition coefficient (Wildman–Crippen LogP) is 2.27. The number of hydrogen-bond donors (Lipinski definition) is 2. The van der Waals surface area contributed by atoms with Gasteiger partial charge in [-0.25, -0.2) is 0 Å². The van der Waals surface area contributed by atoms with Gasteiger partial charge in [-0.2, -0.15) is 0 Å². The van der Waals surface area contributed by atoms with E-state index in [0.717, 1.165) is 45.2 Å². The second kappa shape index (κ2) is 9.35. The molecule has 0 bridgehead atoms. The number of nitrogens with zero attached hydrogens (tertiary/aromatic N) is 1. The maximum absolute atomic E-state index is 12.2. The third kappa shape index (κ3) is 5.41. The van der Waals surface area contributed by atoms with Gasteiger partial charge in [-0.15, -0.1) is 0 Å². The Hall–Kier alpha value is -0.610. The van der Waals surface area contributed by atoms with E-state index in [1.165, 1.54) is 12.8 Å². The molecule has 1 atom stereocenters. The van der Waals surface area contributed by atoms with E-state index in [0.29, 0.717) is 12.1 Å². The van der Waals surface area contributed by atoms with Gasteiger partial charge >= 0.3 is 0 Å². The highest BCUT2D eigenvalue weighted by Gasteiger charge is 2.29. The van der Waals surface area contributed by atoms with E-state index in [1.54, 1.807) is 0 Å². The molecule has 4 heteroatoms. The van der Waals surface area contributed by atoms with Gasteiger partial charge in [0.1, 0.15) is 0 Å². The molecule has 1 rings (SSSR count). The standard InChI is InChI=1S/C16H33N3O/c1-4-6-7-12-18-16(20)13(3)19(5-2)15-10-8-14(17)9-11-15/h13-15H,4-12,17H2,1-3H3,(H,18,20). The van der Waals surface area contributed by atoms with Crippen molar-refractivity contribution >= 4 is 5.91 Å². The molecule has 118 valence electrons. The zero-order valence-electron chi connectivity index (χ0n) is 13.5. The molecule has 0 aromatic heterocycles. The molecule has 0 saturated heterocycles. The molecule has 0 heterocycles. The van der Waals surface area contributed by atoms with Crippen molar-refractivity contribution in [3.8, 4) is 0 Å². The second-order valence-electron chi connectivity index (χ2n) is 6.07. The fourth-order valence-electron chi connectivity index (χ4n) is 3.17. The number of nitrogens with two attached hydrogens (primary N) is 1. The van der Waals surface area contributed by atoms with Crippen molar-refractivity contribution in [3.05, 3.63) is 0 Å². The SMILES string of the molecule is CCCCCNC(=O)C(C)N(CC)C1CCC(N)CC1. The maximum Gasteiger partial charge on any atom is 0.237 e. The summed E-state index contributed by atoms with van der Waals surface area (Å²) in [5, 5.41) is 3.07. The Labute approximate surface area is 124 Å². The van der Waals surface area contributed by atoms with E-state index in [-0.39, 0.29) is 11.9 Å². The number of amides is 1. The highest BCUT2D eigenvalue weighted by molar-refractivity contribution is 5.81. The van der Waals surface area contributed by atoms with Crippen LogP contribution in [0.15, 0.2) is 0 Å². The van der Waals surface area contributed by atoms with Crippen molar-refractivity contribution < 1.29 is 4.79 Å². The molecule has 20 heavy (non-hydrogen) atoms. The minimum absolute atomic E-state index is 0.0269. The summed E-state index contributed by atoms with van der Waals surface area (Å²) in [5.41, 5.74) is 5.97. The Kier molecular flexibility index (Phi) is 8.15. The van der Waals surface area contributed by atoms with Crippen LogP contribution in [0.4, 0.5) is 0 Å². The van der Waals surface area contributed by atoms with Gasteiger partial charge in [-0.1, -0.05) is 26.7 Å². The summed E-state index contributed by atoms with van der Waals surface area (Å²) in [6.45, 7) is 8.10. The lowest BCUT2D eigenvalue weighted by Crippen LogP contribution is -2.51. The molecule has 1 saturated carbocycles. The average molecular weight is 283 g/mol. The zero-order chi connectivity index (χ0) is 15.0. The number of carbonyl (C=O) groups excluding carboxylic acids is 1. The highest BCUT2D eigenvalue weighted by Crippen LogP contribution is 2.23. The highest BCUT2D eigenvalue weighted by atomic mass is 16.2. The maximum atomic E-state index is 12.2. The first-order valence-electron chi connectivity index (χ1n) is 8.39. The molecule has 1 fully saturated rings. The van der Waals surface area contributed by atoms with Crippen LogP contribution in [0.1, 0.15) is 65.7 Å². The summed E-state index contributed by atoms with van der Waals surface area (Å²) in [6, 6.07) is 0.861. The monoisotopic (exact) mass is 283 g/mol. The van der Waals surface area contributed by atoms with Gasteiger partial charge in [0.2, 0.25) is 5.91 Å². The number of carbonyl (C=O) groups is 1. The molecule has 4 nitrogen and oxygen atoms in total. The summed E-state index contributed by atoms with van der Waals surface area (Å²) < 4.78 is 0. The lowest BCUT2D eigenvalue weighted by atomic mass is 9.90. The summed E-state index contributed by atoms with van der Waals surface area (Å²) in [6.07, 6.45) is 7.89. The van der Waals surface area contributed by atoms with Crippen LogP contribution in [-0.4, -0.2) is 42.0 Å². The molecular weight excluding hydrogens is 250 g/mol. The molecule has 0 spiro atoms. The minimum Gasteiger partial charge on any atom is -0.355 e. The van der Waals surface area contributed by atoms with Crippen molar-refractivity contribution in [3.63, 3.8) is 0 Å². The first-order chi connectivity index (χ1) is 9.60. The van der Waals surface area contributed by atoms with E-state index in [4.69, 9.17) is 5.73 Å². The quantitative estimate of drug-likeness (QED) is 0.672. The first-order valence-corrected chi connectivity index (χ1v) is 8.39. The van der Waals surface area contributed by atoms with Crippen LogP contribution >= 0.6 is 0 Å².